The molecule has 1 unspecified atom stereocenters. The predicted octanol–water partition coefficient (Wildman–Crippen LogP) is 2.78. The van der Waals surface area contributed by atoms with Crippen molar-refractivity contribution in [2.45, 2.75) is 38.7 Å². The van der Waals surface area contributed by atoms with Gasteiger partial charge in [0.05, 0.1) is 11.7 Å². The highest BCUT2D eigenvalue weighted by atomic mass is 32.1. The second kappa shape index (κ2) is 5.65. The maximum atomic E-state index is 11.9. The van der Waals surface area contributed by atoms with Crippen LogP contribution in [0.3, 0.4) is 0 Å². The van der Waals surface area contributed by atoms with Gasteiger partial charge in [0.1, 0.15) is 0 Å². The lowest BCUT2D eigenvalue weighted by atomic mass is 10.1. The zero-order valence-corrected chi connectivity index (χ0v) is 11.2. The van der Waals surface area contributed by atoms with E-state index in [9.17, 15) is 4.79 Å². The Morgan fingerprint density at radius 3 is 3.06 bits per heavy atom. The Bertz CT molecular complexity index is 381. The third-order valence-electron chi connectivity index (χ3n) is 2.97. The first-order valence-electron chi connectivity index (χ1n) is 6.15. The lowest BCUT2D eigenvalue weighted by Crippen LogP contribution is -2.31. The number of ether oxygens (including phenoxy) is 1. The van der Waals surface area contributed by atoms with E-state index in [2.05, 4.69) is 19.2 Å². The van der Waals surface area contributed by atoms with Crippen molar-refractivity contribution in [3.05, 3.63) is 21.9 Å². The molecule has 0 aromatic carbocycles. The second-order valence-electron chi connectivity index (χ2n) is 4.74. The fourth-order valence-electron chi connectivity index (χ4n) is 1.89. The van der Waals surface area contributed by atoms with Crippen LogP contribution in [0.2, 0.25) is 0 Å². The van der Waals surface area contributed by atoms with Crippen molar-refractivity contribution in [3.8, 4) is 0 Å². The number of hydrogen-bond acceptors (Lipinski definition) is 3. The predicted molar refractivity (Wildman–Crippen MR) is 69.7 cm³/mol. The highest BCUT2D eigenvalue weighted by molar-refractivity contribution is 7.10. The van der Waals surface area contributed by atoms with Gasteiger partial charge in [-0.25, -0.2) is 0 Å². The highest BCUT2D eigenvalue weighted by Crippen LogP contribution is 2.23. The number of carbonyl (C=O) groups is 1. The maximum absolute atomic E-state index is 11.9. The quantitative estimate of drug-likeness (QED) is 0.896. The van der Waals surface area contributed by atoms with Crippen molar-refractivity contribution in [2.75, 3.05) is 13.2 Å². The van der Waals surface area contributed by atoms with Crippen LogP contribution >= 0.6 is 11.3 Å². The van der Waals surface area contributed by atoms with Gasteiger partial charge in [0.25, 0.3) is 5.91 Å². The van der Waals surface area contributed by atoms with Crippen LogP contribution in [0.5, 0.6) is 0 Å². The number of thiophene rings is 1. The first-order valence-corrected chi connectivity index (χ1v) is 7.03. The summed E-state index contributed by atoms with van der Waals surface area (Å²) in [4.78, 5) is 13.1. The number of carbonyl (C=O) groups excluding carboxylic acids is 1. The van der Waals surface area contributed by atoms with Gasteiger partial charge < -0.3 is 10.1 Å². The van der Waals surface area contributed by atoms with Crippen LogP contribution < -0.4 is 5.32 Å². The first-order chi connectivity index (χ1) is 8.16. The van der Waals surface area contributed by atoms with Crippen LogP contribution in [-0.4, -0.2) is 25.2 Å². The number of hydrogen-bond donors (Lipinski definition) is 1. The summed E-state index contributed by atoms with van der Waals surface area (Å²) >= 11 is 1.65. The average Bonchev–Trinajstić information content (AvgIpc) is 2.96. The molecule has 1 atom stereocenters. The topological polar surface area (TPSA) is 38.3 Å². The largest absolute Gasteiger partial charge is 0.376 e. The van der Waals surface area contributed by atoms with Crippen LogP contribution in [0.1, 0.15) is 47.8 Å². The van der Waals surface area contributed by atoms with Crippen molar-refractivity contribution in [2.24, 2.45) is 0 Å². The third kappa shape index (κ3) is 3.30. The van der Waals surface area contributed by atoms with Crippen molar-refractivity contribution >= 4 is 17.2 Å². The lowest BCUT2D eigenvalue weighted by molar-refractivity contribution is 0.0858. The van der Waals surface area contributed by atoms with E-state index in [0.717, 1.165) is 25.0 Å². The van der Waals surface area contributed by atoms with Gasteiger partial charge in [0.2, 0.25) is 0 Å². The molecule has 1 amide bonds. The van der Waals surface area contributed by atoms with Crippen LogP contribution in [0.15, 0.2) is 11.4 Å². The average molecular weight is 253 g/mol. The van der Waals surface area contributed by atoms with Crippen LogP contribution in [0, 0.1) is 0 Å². The van der Waals surface area contributed by atoms with Crippen LogP contribution in [0.4, 0.5) is 0 Å². The summed E-state index contributed by atoms with van der Waals surface area (Å²) in [5, 5.41) is 4.87. The third-order valence-corrected chi connectivity index (χ3v) is 4.20. The summed E-state index contributed by atoms with van der Waals surface area (Å²) in [6.07, 6.45) is 2.37. The Morgan fingerprint density at radius 2 is 2.47 bits per heavy atom. The minimum Gasteiger partial charge on any atom is -0.376 e. The summed E-state index contributed by atoms with van der Waals surface area (Å²) < 4.78 is 5.47. The van der Waals surface area contributed by atoms with Crippen LogP contribution in [-0.2, 0) is 4.74 Å². The van der Waals surface area contributed by atoms with Gasteiger partial charge in [0.15, 0.2) is 0 Å². The zero-order valence-electron chi connectivity index (χ0n) is 10.4. The van der Waals surface area contributed by atoms with Crippen molar-refractivity contribution < 1.29 is 9.53 Å². The molecule has 0 saturated carbocycles. The second-order valence-corrected chi connectivity index (χ2v) is 5.68. The van der Waals surface area contributed by atoms with E-state index in [1.807, 2.05) is 11.4 Å². The summed E-state index contributed by atoms with van der Waals surface area (Å²) in [6, 6.07) is 1.99. The van der Waals surface area contributed by atoms with Gasteiger partial charge in [0, 0.05) is 23.4 Å². The molecule has 0 aliphatic carbocycles. The van der Waals surface area contributed by atoms with Crippen molar-refractivity contribution in [1.29, 1.82) is 0 Å². The standard InChI is InChI=1S/C13H19NO2S/c1-9(2)12-6-10(8-17-12)13(15)14-7-11-4-3-5-16-11/h6,8-9,11H,3-5,7H2,1-2H3,(H,14,15). The molecule has 1 aliphatic rings. The van der Waals surface area contributed by atoms with Crippen molar-refractivity contribution in [3.63, 3.8) is 0 Å². The summed E-state index contributed by atoms with van der Waals surface area (Å²) in [5.41, 5.74) is 0.775. The molecule has 17 heavy (non-hydrogen) atoms. The molecule has 2 heterocycles. The van der Waals surface area contributed by atoms with Gasteiger partial charge in [-0.2, -0.15) is 0 Å². The van der Waals surface area contributed by atoms with Gasteiger partial charge >= 0.3 is 0 Å². The molecular weight excluding hydrogens is 234 g/mol. The maximum Gasteiger partial charge on any atom is 0.252 e. The Hall–Kier alpha value is -0.870. The van der Waals surface area contributed by atoms with E-state index < -0.39 is 0 Å². The van der Waals surface area contributed by atoms with Gasteiger partial charge in [-0.15, -0.1) is 11.3 Å². The number of rotatable bonds is 4. The molecule has 3 nitrogen and oxygen atoms in total. The van der Waals surface area contributed by atoms with E-state index in [1.54, 1.807) is 11.3 Å². The molecule has 1 aliphatic heterocycles. The Kier molecular flexibility index (Phi) is 4.18. The SMILES string of the molecule is CC(C)c1cc(C(=O)NCC2CCCO2)cs1. The van der Waals surface area contributed by atoms with Crippen LogP contribution in [0.25, 0.3) is 0 Å². The van der Waals surface area contributed by atoms with Crippen molar-refractivity contribution in [1.82, 2.24) is 5.32 Å². The first kappa shape index (κ1) is 12.6. The molecule has 0 bridgehead atoms. The number of nitrogens with one attached hydrogen (secondary N) is 1. The molecule has 4 heteroatoms. The summed E-state index contributed by atoms with van der Waals surface area (Å²) in [5.74, 6) is 0.503. The Labute approximate surface area is 106 Å². The molecule has 0 radical (unpaired) electrons. The highest BCUT2D eigenvalue weighted by Gasteiger charge is 2.17. The van der Waals surface area contributed by atoms with E-state index in [0.29, 0.717) is 12.5 Å². The smallest absolute Gasteiger partial charge is 0.252 e. The molecule has 2 rings (SSSR count). The number of amides is 1. The fourth-order valence-corrected chi connectivity index (χ4v) is 2.79. The molecule has 1 fully saturated rings. The summed E-state index contributed by atoms with van der Waals surface area (Å²) in [7, 11) is 0. The minimum absolute atomic E-state index is 0.0173. The molecule has 94 valence electrons. The Morgan fingerprint density at radius 1 is 1.65 bits per heavy atom. The van der Waals surface area contributed by atoms with Gasteiger partial charge in [-0.05, 0) is 24.8 Å². The van der Waals surface area contributed by atoms with E-state index in [1.165, 1.54) is 4.88 Å². The van der Waals surface area contributed by atoms with E-state index in [-0.39, 0.29) is 12.0 Å². The zero-order chi connectivity index (χ0) is 12.3. The summed E-state index contributed by atoms with van der Waals surface area (Å²) in [6.45, 7) is 5.74. The molecule has 0 spiro atoms. The molecule has 1 aromatic heterocycles. The minimum atomic E-state index is 0.0173. The van der Waals surface area contributed by atoms with Gasteiger partial charge in [-0.1, -0.05) is 13.8 Å². The Balaban J connectivity index is 1.85. The lowest BCUT2D eigenvalue weighted by Gasteiger charge is -2.09. The van der Waals surface area contributed by atoms with E-state index in [4.69, 9.17) is 4.74 Å². The molecule has 1 saturated heterocycles. The molecular formula is C13H19NO2S. The normalized spacial score (nSPS) is 19.8. The molecule has 1 aromatic rings. The van der Waals surface area contributed by atoms with E-state index >= 15 is 0 Å². The molecule has 1 N–H and O–H groups in total. The van der Waals surface area contributed by atoms with Gasteiger partial charge in [-0.3, -0.25) is 4.79 Å². The monoisotopic (exact) mass is 253 g/mol. The fraction of sp³-hybridized carbons (Fsp3) is 0.615.